The van der Waals surface area contributed by atoms with Gasteiger partial charge in [0.15, 0.2) is 5.76 Å². The molecule has 168 valence electrons. The molecular formula is C23H25ClN4O4. The lowest BCUT2D eigenvalue weighted by Gasteiger charge is -2.26. The Morgan fingerprint density at radius 3 is 2.84 bits per heavy atom. The van der Waals surface area contributed by atoms with Gasteiger partial charge in [-0.25, -0.2) is 4.98 Å². The van der Waals surface area contributed by atoms with E-state index in [1.54, 1.807) is 12.4 Å². The molecule has 0 atom stereocenters. The summed E-state index contributed by atoms with van der Waals surface area (Å²) in [5.74, 6) is 1.24. The van der Waals surface area contributed by atoms with Crippen LogP contribution in [0.4, 0.5) is 0 Å². The van der Waals surface area contributed by atoms with E-state index in [-0.39, 0.29) is 12.4 Å². The van der Waals surface area contributed by atoms with Crippen molar-refractivity contribution in [2.45, 2.75) is 6.42 Å². The third-order valence-electron chi connectivity index (χ3n) is 5.49. The first kappa shape index (κ1) is 22.1. The summed E-state index contributed by atoms with van der Waals surface area (Å²) < 4.78 is 19.4. The Balaban J connectivity index is 0.00000245. The van der Waals surface area contributed by atoms with Gasteiger partial charge in [-0.1, -0.05) is 5.16 Å². The van der Waals surface area contributed by atoms with Gasteiger partial charge in [0.1, 0.15) is 22.4 Å². The number of rotatable bonds is 6. The van der Waals surface area contributed by atoms with Crippen LogP contribution in [-0.2, 0) is 4.74 Å². The fourth-order valence-corrected chi connectivity index (χ4v) is 3.82. The Morgan fingerprint density at radius 1 is 1.12 bits per heavy atom. The summed E-state index contributed by atoms with van der Waals surface area (Å²) in [6, 6.07) is 13.1. The van der Waals surface area contributed by atoms with Crippen LogP contribution in [0.2, 0.25) is 0 Å². The molecule has 1 N–H and O–H groups in total. The van der Waals surface area contributed by atoms with E-state index in [1.165, 1.54) is 0 Å². The Bertz CT molecular complexity index is 1260. The summed E-state index contributed by atoms with van der Waals surface area (Å²) in [6.45, 7) is 5.18. The topological polar surface area (TPSA) is 84.7 Å². The van der Waals surface area contributed by atoms with E-state index >= 15 is 0 Å². The molecule has 4 aromatic rings. The van der Waals surface area contributed by atoms with Gasteiger partial charge >= 0.3 is 0 Å². The minimum Gasteiger partial charge on any atom is -0.493 e. The first-order chi connectivity index (χ1) is 15.3. The number of fused-ring (bicyclic) bond motifs is 2. The van der Waals surface area contributed by atoms with E-state index in [0.29, 0.717) is 40.1 Å². The minimum atomic E-state index is 0. The molecule has 0 radical (unpaired) electrons. The van der Waals surface area contributed by atoms with Crippen LogP contribution in [0.25, 0.3) is 27.9 Å². The van der Waals surface area contributed by atoms with E-state index in [1.807, 2.05) is 47.0 Å². The Kier molecular flexibility index (Phi) is 6.94. The molecule has 8 nitrogen and oxygen atoms in total. The summed E-state index contributed by atoms with van der Waals surface area (Å²) in [4.78, 5) is 6.85. The van der Waals surface area contributed by atoms with Crippen LogP contribution in [0.3, 0.4) is 0 Å². The molecule has 0 unspecified atom stereocenters. The smallest absolute Gasteiger partial charge is 0.155 e. The lowest BCUT2D eigenvalue weighted by atomic mass is 10.2. The fourth-order valence-electron chi connectivity index (χ4n) is 3.82. The molecule has 1 fully saturated rings. The van der Waals surface area contributed by atoms with Gasteiger partial charge < -0.3 is 23.5 Å². The molecule has 1 aliphatic heterocycles. The van der Waals surface area contributed by atoms with Crippen molar-refractivity contribution in [3.63, 3.8) is 0 Å². The van der Waals surface area contributed by atoms with Crippen LogP contribution in [0, 0.1) is 0 Å². The SMILES string of the molecule is Cl.ON=c1cc(-c2cc3cccn3cn2)oc2cc(OCCCN3CCOCC3)ccc12. The number of morpholine rings is 1. The lowest BCUT2D eigenvalue weighted by molar-refractivity contribution is 0.0358. The molecule has 0 saturated carbocycles. The van der Waals surface area contributed by atoms with Crippen molar-refractivity contribution in [1.82, 2.24) is 14.3 Å². The van der Waals surface area contributed by atoms with Gasteiger partial charge in [-0.3, -0.25) is 4.90 Å². The summed E-state index contributed by atoms with van der Waals surface area (Å²) in [5.41, 5.74) is 2.24. The number of hydrogen-bond acceptors (Lipinski definition) is 7. The summed E-state index contributed by atoms with van der Waals surface area (Å²) in [5, 5.41) is 14.1. The normalized spacial score (nSPS) is 15.2. The maximum Gasteiger partial charge on any atom is 0.155 e. The maximum atomic E-state index is 9.53. The Morgan fingerprint density at radius 2 is 2.00 bits per heavy atom. The van der Waals surface area contributed by atoms with Crippen molar-refractivity contribution >= 4 is 28.9 Å². The number of ether oxygens (including phenoxy) is 2. The zero-order valence-electron chi connectivity index (χ0n) is 17.5. The number of hydrogen-bond donors (Lipinski definition) is 1. The Hall–Kier alpha value is -3.07. The summed E-state index contributed by atoms with van der Waals surface area (Å²) >= 11 is 0. The van der Waals surface area contributed by atoms with Crippen LogP contribution < -0.4 is 10.1 Å². The highest BCUT2D eigenvalue weighted by atomic mass is 35.5. The molecule has 1 aliphatic rings. The highest BCUT2D eigenvalue weighted by Gasteiger charge is 2.11. The molecule has 0 amide bonds. The molecular weight excluding hydrogens is 432 g/mol. The van der Waals surface area contributed by atoms with Gasteiger partial charge in [0.05, 0.1) is 26.1 Å². The minimum absolute atomic E-state index is 0. The predicted octanol–water partition coefficient (Wildman–Crippen LogP) is 3.56. The summed E-state index contributed by atoms with van der Waals surface area (Å²) in [7, 11) is 0. The molecule has 9 heteroatoms. The van der Waals surface area contributed by atoms with Crippen molar-refractivity contribution in [2.24, 2.45) is 5.16 Å². The van der Waals surface area contributed by atoms with Crippen molar-refractivity contribution in [3.8, 4) is 17.2 Å². The molecule has 0 bridgehead atoms. The first-order valence-electron chi connectivity index (χ1n) is 10.4. The molecule has 0 spiro atoms. The molecule has 0 aliphatic carbocycles. The van der Waals surface area contributed by atoms with Crippen molar-refractivity contribution in [2.75, 3.05) is 39.5 Å². The monoisotopic (exact) mass is 456 g/mol. The standard InChI is InChI=1S/C23H24N4O4.ClH/c28-25-20-15-23(21-13-17-3-1-7-27(17)16-24-21)31-22-14-18(4-5-19(20)22)30-10-2-6-26-8-11-29-12-9-26;/h1,3-5,7,13-16,28H,2,6,8-12H2;1H. The van der Waals surface area contributed by atoms with E-state index in [0.717, 1.165) is 44.8 Å². The Labute approximate surface area is 191 Å². The third kappa shape index (κ3) is 4.72. The lowest BCUT2D eigenvalue weighted by Crippen LogP contribution is -2.37. The van der Waals surface area contributed by atoms with Gasteiger partial charge in [0, 0.05) is 48.9 Å². The molecule has 5 rings (SSSR count). The van der Waals surface area contributed by atoms with Crippen LogP contribution in [0.1, 0.15) is 6.42 Å². The van der Waals surface area contributed by atoms with Crippen LogP contribution in [0.15, 0.2) is 64.6 Å². The van der Waals surface area contributed by atoms with Gasteiger partial charge in [0.2, 0.25) is 0 Å². The average Bonchev–Trinajstić information content (AvgIpc) is 3.29. The van der Waals surface area contributed by atoms with Gasteiger partial charge in [0.25, 0.3) is 0 Å². The van der Waals surface area contributed by atoms with Crippen LogP contribution in [-0.4, -0.2) is 58.9 Å². The highest BCUT2D eigenvalue weighted by Crippen LogP contribution is 2.25. The van der Waals surface area contributed by atoms with Crippen molar-refractivity contribution < 1.29 is 19.1 Å². The number of benzene rings is 1. The van der Waals surface area contributed by atoms with Gasteiger partial charge in [-0.15, -0.1) is 12.4 Å². The van der Waals surface area contributed by atoms with E-state index < -0.39 is 0 Å². The van der Waals surface area contributed by atoms with Gasteiger partial charge in [-0.2, -0.15) is 0 Å². The summed E-state index contributed by atoms with van der Waals surface area (Å²) in [6.07, 6.45) is 4.60. The quantitative estimate of drug-likeness (QED) is 0.271. The number of halogens is 1. The third-order valence-corrected chi connectivity index (χ3v) is 5.49. The highest BCUT2D eigenvalue weighted by molar-refractivity contribution is 5.85. The van der Waals surface area contributed by atoms with E-state index in [4.69, 9.17) is 13.9 Å². The van der Waals surface area contributed by atoms with Crippen molar-refractivity contribution in [3.05, 3.63) is 60.3 Å². The van der Waals surface area contributed by atoms with Crippen LogP contribution in [0.5, 0.6) is 5.75 Å². The van der Waals surface area contributed by atoms with Crippen LogP contribution >= 0.6 is 12.4 Å². The number of nitrogens with zero attached hydrogens (tertiary/aromatic N) is 4. The van der Waals surface area contributed by atoms with E-state index in [9.17, 15) is 5.21 Å². The molecule has 32 heavy (non-hydrogen) atoms. The molecule has 3 aromatic heterocycles. The first-order valence-corrected chi connectivity index (χ1v) is 10.4. The second kappa shape index (κ2) is 10.0. The van der Waals surface area contributed by atoms with Crippen molar-refractivity contribution in [1.29, 1.82) is 0 Å². The fraction of sp³-hybridized carbons (Fsp3) is 0.304. The van der Waals surface area contributed by atoms with Gasteiger partial charge in [-0.05, 0) is 36.8 Å². The average molecular weight is 457 g/mol. The molecule has 1 aromatic carbocycles. The molecule has 4 heterocycles. The maximum absolute atomic E-state index is 9.53. The second-order valence-electron chi connectivity index (χ2n) is 7.52. The largest absolute Gasteiger partial charge is 0.493 e. The predicted molar refractivity (Wildman–Crippen MR) is 122 cm³/mol. The van der Waals surface area contributed by atoms with E-state index in [2.05, 4.69) is 15.0 Å². The zero-order chi connectivity index (χ0) is 21.0. The zero-order valence-corrected chi connectivity index (χ0v) is 18.3. The number of aromatic nitrogens is 2. The molecule has 1 saturated heterocycles. The second-order valence-corrected chi connectivity index (χ2v) is 7.52.